The van der Waals surface area contributed by atoms with E-state index < -0.39 is 11.9 Å². The molecule has 0 fully saturated rings. The molecule has 0 aliphatic carbocycles. The summed E-state index contributed by atoms with van der Waals surface area (Å²) in [6.07, 6.45) is 21.3. The standard InChI is InChI=1S/C24H34O3/c1-2-3-4-5-6-7-8-9-10-11-12-13-14-15-16-20-17-18-21-22(19-20)24(26)27-23(21)25/h14-15,17-19H,2-13,16H2,1H3. The third kappa shape index (κ3) is 7.70. The van der Waals surface area contributed by atoms with Crippen LogP contribution in [0.5, 0.6) is 0 Å². The summed E-state index contributed by atoms with van der Waals surface area (Å²) < 4.78 is 4.62. The molecule has 0 saturated heterocycles. The minimum absolute atomic E-state index is 0.383. The number of esters is 2. The maximum Gasteiger partial charge on any atom is 0.346 e. The number of allylic oxidation sites excluding steroid dienone is 2. The van der Waals surface area contributed by atoms with Gasteiger partial charge in [-0.05, 0) is 37.0 Å². The van der Waals surface area contributed by atoms with E-state index in [1.165, 1.54) is 70.6 Å². The first-order valence-corrected chi connectivity index (χ1v) is 10.8. The molecule has 27 heavy (non-hydrogen) atoms. The molecule has 0 saturated carbocycles. The summed E-state index contributed by atoms with van der Waals surface area (Å²) in [5.41, 5.74) is 1.82. The van der Waals surface area contributed by atoms with E-state index >= 15 is 0 Å². The smallest absolute Gasteiger partial charge is 0.346 e. The fourth-order valence-electron chi connectivity index (χ4n) is 3.52. The normalized spacial score (nSPS) is 13.4. The first kappa shape index (κ1) is 21.4. The van der Waals surface area contributed by atoms with Crippen LogP contribution in [0, 0.1) is 0 Å². The van der Waals surface area contributed by atoms with Crippen molar-refractivity contribution in [2.24, 2.45) is 0 Å². The molecule has 3 nitrogen and oxygen atoms in total. The maximum absolute atomic E-state index is 11.6. The number of cyclic esters (lactones) is 2. The van der Waals surface area contributed by atoms with Crippen molar-refractivity contribution < 1.29 is 14.3 Å². The van der Waals surface area contributed by atoms with Gasteiger partial charge in [0.15, 0.2) is 0 Å². The van der Waals surface area contributed by atoms with Gasteiger partial charge in [-0.1, -0.05) is 89.4 Å². The molecular weight excluding hydrogens is 336 g/mol. The molecule has 0 unspecified atom stereocenters. The number of benzene rings is 1. The number of carbonyl (C=O) groups excluding carboxylic acids is 2. The third-order valence-corrected chi connectivity index (χ3v) is 5.20. The zero-order chi connectivity index (χ0) is 19.3. The largest absolute Gasteiger partial charge is 0.386 e. The zero-order valence-electron chi connectivity index (χ0n) is 16.8. The van der Waals surface area contributed by atoms with Gasteiger partial charge in [0, 0.05) is 0 Å². The van der Waals surface area contributed by atoms with Crippen molar-refractivity contribution >= 4 is 11.9 Å². The summed E-state index contributed by atoms with van der Waals surface area (Å²) in [7, 11) is 0. The second-order valence-corrected chi connectivity index (χ2v) is 7.56. The van der Waals surface area contributed by atoms with Gasteiger partial charge < -0.3 is 4.74 Å². The molecule has 1 aliphatic rings. The summed E-state index contributed by atoms with van der Waals surface area (Å²) in [6, 6.07) is 5.36. The van der Waals surface area contributed by atoms with Crippen LogP contribution >= 0.6 is 0 Å². The van der Waals surface area contributed by atoms with E-state index in [1.807, 2.05) is 6.07 Å². The first-order chi connectivity index (χ1) is 13.2. The highest BCUT2D eigenvalue weighted by Gasteiger charge is 2.29. The topological polar surface area (TPSA) is 43.4 Å². The van der Waals surface area contributed by atoms with Gasteiger partial charge in [0.1, 0.15) is 0 Å². The number of rotatable bonds is 14. The average Bonchev–Trinajstić information content (AvgIpc) is 2.95. The Morgan fingerprint density at radius 1 is 0.741 bits per heavy atom. The predicted molar refractivity (Wildman–Crippen MR) is 110 cm³/mol. The summed E-state index contributed by atoms with van der Waals surface area (Å²) in [4.78, 5) is 23.0. The summed E-state index contributed by atoms with van der Waals surface area (Å²) in [6.45, 7) is 2.27. The van der Waals surface area contributed by atoms with Crippen LogP contribution in [-0.4, -0.2) is 11.9 Å². The average molecular weight is 371 g/mol. The minimum Gasteiger partial charge on any atom is -0.386 e. The Morgan fingerprint density at radius 2 is 1.33 bits per heavy atom. The van der Waals surface area contributed by atoms with Crippen LogP contribution in [0.15, 0.2) is 30.4 Å². The molecule has 0 radical (unpaired) electrons. The van der Waals surface area contributed by atoms with Crippen molar-refractivity contribution in [3.63, 3.8) is 0 Å². The summed E-state index contributed by atoms with van der Waals surface area (Å²) in [5.74, 6) is -1.06. The summed E-state index contributed by atoms with van der Waals surface area (Å²) >= 11 is 0. The van der Waals surface area contributed by atoms with Crippen LogP contribution < -0.4 is 0 Å². The maximum atomic E-state index is 11.6. The molecule has 1 aromatic carbocycles. The second kappa shape index (κ2) is 12.5. The van der Waals surface area contributed by atoms with Crippen LogP contribution in [0.1, 0.15) is 110 Å². The van der Waals surface area contributed by atoms with Gasteiger partial charge in [0.2, 0.25) is 0 Å². The molecule has 148 valence electrons. The van der Waals surface area contributed by atoms with Crippen molar-refractivity contribution in [1.29, 1.82) is 0 Å². The Bertz CT molecular complexity index is 631. The monoisotopic (exact) mass is 370 g/mol. The number of ether oxygens (including phenoxy) is 1. The minimum atomic E-state index is -0.534. The Morgan fingerprint density at radius 3 is 2.00 bits per heavy atom. The number of hydrogen-bond donors (Lipinski definition) is 0. The molecule has 0 bridgehead atoms. The van der Waals surface area contributed by atoms with Crippen LogP contribution in [0.2, 0.25) is 0 Å². The van der Waals surface area contributed by atoms with E-state index in [4.69, 9.17) is 0 Å². The van der Waals surface area contributed by atoms with Crippen LogP contribution in [0.25, 0.3) is 0 Å². The van der Waals surface area contributed by atoms with Gasteiger partial charge in [-0.3, -0.25) is 0 Å². The molecule has 1 aliphatic heterocycles. The van der Waals surface area contributed by atoms with Gasteiger partial charge in [-0.15, -0.1) is 0 Å². The van der Waals surface area contributed by atoms with Crippen LogP contribution in [0.3, 0.4) is 0 Å². The number of hydrogen-bond acceptors (Lipinski definition) is 3. The Kier molecular flexibility index (Phi) is 9.89. The first-order valence-electron chi connectivity index (χ1n) is 10.8. The number of fused-ring (bicyclic) bond motifs is 1. The molecule has 2 rings (SSSR count). The lowest BCUT2D eigenvalue weighted by molar-refractivity contribution is 0.0443. The van der Waals surface area contributed by atoms with Crippen molar-refractivity contribution in [3.05, 3.63) is 47.0 Å². The van der Waals surface area contributed by atoms with E-state index in [9.17, 15) is 9.59 Å². The molecule has 0 N–H and O–H groups in total. The van der Waals surface area contributed by atoms with Gasteiger partial charge in [0.05, 0.1) is 11.1 Å². The lowest BCUT2D eigenvalue weighted by atomic mass is 10.0. The van der Waals surface area contributed by atoms with Crippen molar-refractivity contribution in [1.82, 2.24) is 0 Å². The SMILES string of the molecule is CCCCCCCCCCCCCC=CCc1ccc2c(c1)C(=O)OC2=O. The molecular formula is C24H34O3. The zero-order valence-corrected chi connectivity index (χ0v) is 16.8. The molecule has 1 heterocycles. The number of unbranched alkanes of at least 4 members (excludes halogenated alkanes) is 11. The van der Waals surface area contributed by atoms with Crippen molar-refractivity contribution in [3.8, 4) is 0 Å². The lowest BCUT2D eigenvalue weighted by Gasteiger charge is -2.02. The van der Waals surface area contributed by atoms with Gasteiger partial charge in [-0.2, -0.15) is 0 Å². The van der Waals surface area contributed by atoms with Crippen molar-refractivity contribution in [2.45, 2.75) is 90.4 Å². The highest BCUT2D eigenvalue weighted by Crippen LogP contribution is 2.21. The highest BCUT2D eigenvalue weighted by molar-refractivity contribution is 6.14. The van der Waals surface area contributed by atoms with E-state index in [-0.39, 0.29) is 0 Å². The van der Waals surface area contributed by atoms with Gasteiger partial charge in [-0.25, -0.2) is 9.59 Å². The molecule has 0 aromatic heterocycles. The lowest BCUT2D eigenvalue weighted by Crippen LogP contribution is -1.96. The molecule has 1 aromatic rings. The Labute approximate surface area is 164 Å². The van der Waals surface area contributed by atoms with E-state index in [1.54, 1.807) is 12.1 Å². The van der Waals surface area contributed by atoms with E-state index in [0.29, 0.717) is 11.1 Å². The fourth-order valence-corrected chi connectivity index (χ4v) is 3.52. The molecule has 0 atom stereocenters. The number of carbonyl (C=O) groups is 2. The predicted octanol–water partition coefficient (Wildman–Crippen LogP) is 6.80. The molecule has 0 spiro atoms. The quantitative estimate of drug-likeness (QED) is 0.157. The van der Waals surface area contributed by atoms with Gasteiger partial charge >= 0.3 is 11.9 Å². The van der Waals surface area contributed by atoms with Gasteiger partial charge in [0.25, 0.3) is 0 Å². The summed E-state index contributed by atoms with van der Waals surface area (Å²) in [5, 5.41) is 0. The highest BCUT2D eigenvalue weighted by atomic mass is 16.6. The fraction of sp³-hybridized carbons (Fsp3) is 0.583. The van der Waals surface area contributed by atoms with E-state index in [0.717, 1.165) is 18.4 Å². The second-order valence-electron chi connectivity index (χ2n) is 7.56. The van der Waals surface area contributed by atoms with Crippen LogP contribution in [0.4, 0.5) is 0 Å². The molecule has 3 heteroatoms. The van der Waals surface area contributed by atoms with Crippen LogP contribution in [-0.2, 0) is 11.2 Å². The van der Waals surface area contributed by atoms with E-state index in [2.05, 4.69) is 23.8 Å². The third-order valence-electron chi connectivity index (χ3n) is 5.20. The molecule has 0 amide bonds. The Balaban J connectivity index is 1.48. The Hall–Kier alpha value is -1.90. The van der Waals surface area contributed by atoms with Crippen molar-refractivity contribution in [2.75, 3.05) is 0 Å².